The van der Waals surface area contributed by atoms with E-state index in [0.717, 1.165) is 19.1 Å². The minimum Gasteiger partial charge on any atom is -0.212 e. The van der Waals surface area contributed by atoms with Crippen LogP contribution in [0.25, 0.3) is 0 Å². The van der Waals surface area contributed by atoms with Gasteiger partial charge in [0.2, 0.25) is 20.0 Å². The molecule has 6 nitrogen and oxygen atoms in total. The van der Waals surface area contributed by atoms with Crippen molar-refractivity contribution in [1.29, 1.82) is 0 Å². The number of nitrogens with one attached hydrogen (secondary N) is 1. The standard InChI is InChI=1S/C12H18N2O4S2/c1-19(15,16)14(11-7-8-11)10-9-13-20(17,18)12-5-3-2-4-6-12/h2-6,11,13H,7-10H2,1H3. The molecule has 0 bridgehead atoms. The lowest BCUT2D eigenvalue weighted by Gasteiger charge is -2.19. The molecule has 0 radical (unpaired) electrons. The van der Waals surface area contributed by atoms with E-state index in [1.807, 2.05) is 0 Å². The van der Waals surface area contributed by atoms with Crippen molar-refractivity contribution in [2.75, 3.05) is 19.3 Å². The van der Waals surface area contributed by atoms with Crippen molar-refractivity contribution < 1.29 is 16.8 Å². The van der Waals surface area contributed by atoms with Crippen LogP contribution in [0.2, 0.25) is 0 Å². The summed E-state index contributed by atoms with van der Waals surface area (Å²) in [7, 11) is -6.86. The highest BCUT2D eigenvalue weighted by Crippen LogP contribution is 2.28. The topological polar surface area (TPSA) is 83.6 Å². The predicted octanol–water partition coefficient (Wildman–Crippen LogP) is 0.389. The molecule has 1 aliphatic carbocycles. The number of hydrogen-bond acceptors (Lipinski definition) is 4. The maximum Gasteiger partial charge on any atom is 0.240 e. The van der Waals surface area contributed by atoms with Gasteiger partial charge in [0, 0.05) is 19.1 Å². The second-order valence-electron chi connectivity index (χ2n) is 4.82. The molecule has 1 N–H and O–H groups in total. The summed E-state index contributed by atoms with van der Waals surface area (Å²) < 4.78 is 50.9. The van der Waals surface area contributed by atoms with Crippen molar-refractivity contribution in [1.82, 2.24) is 9.03 Å². The lowest BCUT2D eigenvalue weighted by Crippen LogP contribution is -2.39. The normalized spacial score (nSPS) is 16.5. The maximum absolute atomic E-state index is 12.0. The summed E-state index contributed by atoms with van der Waals surface area (Å²) in [6.07, 6.45) is 2.84. The van der Waals surface area contributed by atoms with Crippen LogP contribution >= 0.6 is 0 Å². The van der Waals surface area contributed by atoms with Gasteiger partial charge in [-0.25, -0.2) is 21.6 Å². The van der Waals surface area contributed by atoms with Crippen molar-refractivity contribution in [2.24, 2.45) is 0 Å². The highest BCUT2D eigenvalue weighted by atomic mass is 32.2. The van der Waals surface area contributed by atoms with E-state index < -0.39 is 20.0 Å². The van der Waals surface area contributed by atoms with Gasteiger partial charge in [-0.1, -0.05) is 18.2 Å². The summed E-state index contributed by atoms with van der Waals surface area (Å²) in [6.45, 7) is 0.233. The molecular weight excluding hydrogens is 300 g/mol. The van der Waals surface area contributed by atoms with Gasteiger partial charge >= 0.3 is 0 Å². The number of benzene rings is 1. The van der Waals surface area contributed by atoms with Crippen LogP contribution in [-0.2, 0) is 20.0 Å². The Morgan fingerprint density at radius 3 is 2.25 bits per heavy atom. The molecule has 8 heteroatoms. The zero-order valence-electron chi connectivity index (χ0n) is 11.2. The fourth-order valence-corrected chi connectivity index (χ4v) is 4.17. The molecule has 0 atom stereocenters. The van der Waals surface area contributed by atoms with E-state index in [9.17, 15) is 16.8 Å². The largest absolute Gasteiger partial charge is 0.240 e. The second-order valence-corrected chi connectivity index (χ2v) is 8.52. The Labute approximate surface area is 119 Å². The first kappa shape index (κ1) is 15.4. The molecule has 0 aromatic heterocycles. The van der Waals surface area contributed by atoms with E-state index in [4.69, 9.17) is 0 Å². The summed E-state index contributed by atoms with van der Waals surface area (Å²) in [5.41, 5.74) is 0. The second kappa shape index (κ2) is 5.80. The van der Waals surface area contributed by atoms with E-state index in [1.54, 1.807) is 18.2 Å². The van der Waals surface area contributed by atoms with E-state index in [2.05, 4.69) is 4.72 Å². The van der Waals surface area contributed by atoms with Gasteiger partial charge in [-0.2, -0.15) is 4.31 Å². The monoisotopic (exact) mass is 318 g/mol. The first-order valence-corrected chi connectivity index (χ1v) is 9.65. The van der Waals surface area contributed by atoms with Crippen molar-refractivity contribution in [3.63, 3.8) is 0 Å². The van der Waals surface area contributed by atoms with Gasteiger partial charge in [0.1, 0.15) is 0 Å². The maximum atomic E-state index is 12.0. The Morgan fingerprint density at radius 2 is 1.75 bits per heavy atom. The zero-order chi connectivity index (χ0) is 14.8. The molecule has 1 aromatic rings. The summed E-state index contributed by atoms with van der Waals surface area (Å²) in [4.78, 5) is 0.178. The molecule has 1 fully saturated rings. The average Bonchev–Trinajstić information content (AvgIpc) is 3.18. The van der Waals surface area contributed by atoms with Crippen LogP contribution in [0, 0.1) is 0 Å². The Bertz CT molecular complexity index is 652. The number of hydrogen-bond donors (Lipinski definition) is 1. The van der Waals surface area contributed by atoms with E-state index in [0.29, 0.717) is 0 Å². The molecule has 20 heavy (non-hydrogen) atoms. The molecule has 2 rings (SSSR count). The summed E-state index contributed by atoms with van der Waals surface area (Å²) in [5.74, 6) is 0. The molecule has 1 aromatic carbocycles. The molecule has 1 aliphatic rings. The van der Waals surface area contributed by atoms with Crippen molar-refractivity contribution in [3.05, 3.63) is 30.3 Å². The Kier molecular flexibility index (Phi) is 4.48. The molecule has 0 saturated heterocycles. The third-order valence-electron chi connectivity index (χ3n) is 3.06. The van der Waals surface area contributed by atoms with Gasteiger partial charge in [-0.3, -0.25) is 0 Å². The number of rotatable bonds is 7. The average molecular weight is 318 g/mol. The quantitative estimate of drug-likeness (QED) is 0.788. The van der Waals surface area contributed by atoms with Crippen LogP contribution in [0.5, 0.6) is 0 Å². The predicted molar refractivity (Wildman–Crippen MR) is 76.2 cm³/mol. The van der Waals surface area contributed by atoms with Crippen LogP contribution in [0.4, 0.5) is 0 Å². The summed E-state index contributed by atoms with van der Waals surface area (Å²) in [5, 5.41) is 0. The first-order chi connectivity index (χ1) is 9.31. The van der Waals surface area contributed by atoms with Crippen molar-refractivity contribution in [2.45, 2.75) is 23.8 Å². The summed E-state index contributed by atoms with van der Waals surface area (Å²) in [6, 6.07) is 8.04. The Morgan fingerprint density at radius 1 is 1.15 bits per heavy atom. The molecule has 0 amide bonds. The zero-order valence-corrected chi connectivity index (χ0v) is 12.8. The van der Waals surface area contributed by atoms with Gasteiger partial charge in [-0.15, -0.1) is 0 Å². The summed E-state index contributed by atoms with van der Waals surface area (Å²) >= 11 is 0. The number of nitrogens with zero attached hydrogens (tertiary/aromatic N) is 1. The van der Waals surface area contributed by atoms with Gasteiger partial charge < -0.3 is 0 Å². The van der Waals surface area contributed by atoms with Crippen LogP contribution in [-0.4, -0.2) is 46.5 Å². The molecule has 0 aliphatic heterocycles. The lowest BCUT2D eigenvalue weighted by atomic mass is 10.4. The minimum absolute atomic E-state index is 0.0335. The van der Waals surface area contributed by atoms with E-state index >= 15 is 0 Å². The molecular formula is C12H18N2O4S2. The third kappa shape index (κ3) is 4.02. The van der Waals surface area contributed by atoms with Crippen molar-refractivity contribution >= 4 is 20.0 Å². The SMILES string of the molecule is CS(=O)(=O)N(CCNS(=O)(=O)c1ccccc1)C1CC1. The fraction of sp³-hybridized carbons (Fsp3) is 0.500. The Hall–Kier alpha value is -0.960. The van der Waals surface area contributed by atoms with Gasteiger partial charge in [0.25, 0.3) is 0 Å². The van der Waals surface area contributed by atoms with Gasteiger partial charge in [-0.05, 0) is 25.0 Å². The molecule has 1 saturated carbocycles. The van der Waals surface area contributed by atoms with E-state index in [1.165, 1.54) is 16.4 Å². The van der Waals surface area contributed by atoms with Crippen LogP contribution in [0.3, 0.4) is 0 Å². The van der Waals surface area contributed by atoms with Crippen LogP contribution < -0.4 is 4.72 Å². The highest BCUT2D eigenvalue weighted by Gasteiger charge is 2.34. The lowest BCUT2D eigenvalue weighted by molar-refractivity contribution is 0.410. The Balaban J connectivity index is 1.95. The van der Waals surface area contributed by atoms with Crippen molar-refractivity contribution in [3.8, 4) is 0 Å². The fourth-order valence-electron chi connectivity index (χ4n) is 1.95. The smallest absolute Gasteiger partial charge is 0.212 e. The van der Waals surface area contributed by atoms with E-state index in [-0.39, 0.29) is 24.0 Å². The number of sulfonamides is 2. The molecule has 0 spiro atoms. The molecule has 0 heterocycles. The third-order valence-corrected chi connectivity index (χ3v) is 5.87. The molecule has 0 unspecified atom stereocenters. The first-order valence-electron chi connectivity index (χ1n) is 6.32. The van der Waals surface area contributed by atoms with Crippen LogP contribution in [0.1, 0.15) is 12.8 Å². The highest BCUT2D eigenvalue weighted by molar-refractivity contribution is 7.89. The molecule has 112 valence electrons. The van der Waals surface area contributed by atoms with Gasteiger partial charge in [0.05, 0.1) is 11.2 Å². The van der Waals surface area contributed by atoms with Crippen LogP contribution in [0.15, 0.2) is 35.2 Å². The van der Waals surface area contributed by atoms with Gasteiger partial charge in [0.15, 0.2) is 0 Å². The minimum atomic E-state index is -3.58.